The largest absolute Gasteiger partial charge is 0.480 e. The quantitative estimate of drug-likeness (QED) is 0.699. The number of rotatable bonds is 5. The lowest BCUT2D eigenvalue weighted by atomic mass is 10.1. The third-order valence-corrected chi connectivity index (χ3v) is 3.05. The number of primary amides is 1. The first-order valence-electron chi connectivity index (χ1n) is 5.07. The molecule has 0 aliphatic carbocycles. The normalized spacial score (nSPS) is 11.7. The zero-order valence-corrected chi connectivity index (χ0v) is 12.7. The van der Waals surface area contributed by atoms with Crippen LogP contribution in [0.4, 0.5) is 0 Å². The predicted octanol–water partition coefficient (Wildman–Crippen LogP) is 1.27. The third kappa shape index (κ3) is 4.99. The van der Waals surface area contributed by atoms with E-state index in [1.807, 2.05) is 0 Å². The molecule has 0 saturated carbocycles. The molecule has 0 fully saturated rings. The van der Waals surface area contributed by atoms with Crippen molar-refractivity contribution in [3.05, 3.63) is 32.7 Å². The summed E-state index contributed by atoms with van der Waals surface area (Å²) in [4.78, 5) is 33.5. The highest BCUT2D eigenvalue weighted by atomic mass is 79.9. The summed E-state index contributed by atoms with van der Waals surface area (Å²) in [6, 6.07) is 3.45. The zero-order chi connectivity index (χ0) is 14.6. The van der Waals surface area contributed by atoms with Crippen LogP contribution in [0.25, 0.3) is 0 Å². The molecule has 8 heteroatoms. The molecule has 0 heterocycles. The monoisotopic (exact) mass is 392 g/mol. The van der Waals surface area contributed by atoms with Crippen LogP contribution in [0.15, 0.2) is 27.1 Å². The van der Waals surface area contributed by atoms with E-state index in [2.05, 4.69) is 37.2 Å². The highest BCUT2D eigenvalue weighted by Gasteiger charge is 2.22. The van der Waals surface area contributed by atoms with Gasteiger partial charge in [0.1, 0.15) is 6.04 Å². The molecule has 2 amide bonds. The summed E-state index contributed by atoms with van der Waals surface area (Å²) in [5, 5.41) is 11.1. The molecule has 102 valence electrons. The maximum atomic E-state index is 11.9. The first-order chi connectivity index (χ1) is 8.79. The summed E-state index contributed by atoms with van der Waals surface area (Å²) in [6.07, 6.45) is -0.462. The molecule has 1 unspecified atom stereocenters. The molecular formula is C11H10Br2N2O4. The van der Waals surface area contributed by atoms with Crippen molar-refractivity contribution in [2.45, 2.75) is 12.5 Å². The van der Waals surface area contributed by atoms with Crippen LogP contribution in [0.2, 0.25) is 0 Å². The van der Waals surface area contributed by atoms with Gasteiger partial charge in [0, 0.05) is 14.5 Å². The zero-order valence-electron chi connectivity index (χ0n) is 9.52. The van der Waals surface area contributed by atoms with Crippen LogP contribution in [0.3, 0.4) is 0 Å². The van der Waals surface area contributed by atoms with Crippen LogP contribution in [-0.4, -0.2) is 28.9 Å². The molecule has 0 aromatic heterocycles. The van der Waals surface area contributed by atoms with Crippen LogP contribution < -0.4 is 11.1 Å². The van der Waals surface area contributed by atoms with Gasteiger partial charge >= 0.3 is 5.97 Å². The second-order valence-electron chi connectivity index (χ2n) is 3.69. The Balaban J connectivity index is 2.87. The van der Waals surface area contributed by atoms with E-state index in [9.17, 15) is 14.4 Å². The van der Waals surface area contributed by atoms with Gasteiger partial charge < -0.3 is 16.2 Å². The lowest BCUT2D eigenvalue weighted by molar-refractivity contribution is -0.140. The first kappa shape index (κ1) is 15.6. The first-order valence-corrected chi connectivity index (χ1v) is 6.66. The van der Waals surface area contributed by atoms with E-state index in [-0.39, 0.29) is 5.56 Å². The van der Waals surface area contributed by atoms with Gasteiger partial charge in [0.2, 0.25) is 5.91 Å². The number of halogens is 2. The minimum absolute atomic E-state index is 0.261. The molecule has 0 radical (unpaired) electrons. The molecule has 6 nitrogen and oxygen atoms in total. The van der Waals surface area contributed by atoms with Gasteiger partial charge in [-0.1, -0.05) is 31.9 Å². The van der Waals surface area contributed by atoms with E-state index < -0.39 is 30.2 Å². The van der Waals surface area contributed by atoms with Gasteiger partial charge in [0.15, 0.2) is 0 Å². The SMILES string of the molecule is NC(=O)CC(NC(=O)c1cc(Br)cc(Br)c1)C(=O)O. The number of aliphatic carboxylic acids is 1. The van der Waals surface area contributed by atoms with Gasteiger partial charge in [-0.2, -0.15) is 0 Å². The van der Waals surface area contributed by atoms with Crippen LogP contribution in [0.5, 0.6) is 0 Å². The lowest BCUT2D eigenvalue weighted by Gasteiger charge is -2.13. The maximum Gasteiger partial charge on any atom is 0.326 e. The summed E-state index contributed by atoms with van der Waals surface area (Å²) >= 11 is 6.43. The predicted molar refractivity (Wildman–Crippen MR) is 74.5 cm³/mol. The molecule has 0 aliphatic heterocycles. The lowest BCUT2D eigenvalue weighted by Crippen LogP contribution is -2.43. The maximum absolute atomic E-state index is 11.9. The van der Waals surface area contributed by atoms with E-state index in [0.29, 0.717) is 8.95 Å². The Morgan fingerprint density at radius 3 is 2.16 bits per heavy atom. The van der Waals surface area contributed by atoms with Crippen LogP contribution in [-0.2, 0) is 9.59 Å². The molecular weight excluding hydrogens is 384 g/mol. The van der Waals surface area contributed by atoms with E-state index in [1.165, 1.54) is 12.1 Å². The molecule has 4 N–H and O–H groups in total. The Labute approximate surface area is 125 Å². The molecule has 1 rings (SSSR count). The van der Waals surface area contributed by atoms with Crippen molar-refractivity contribution in [2.75, 3.05) is 0 Å². The van der Waals surface area contributed by atoms with Gasteiger partial charge in [-0.3, -0.25) is 9.59 Å². The number of nitrogens with two attached hydrogens (primary N) is 1. The Kier molecular flexibility index (Phi) is 5.49. The summed E-state index contributed by atoms with van der Waals surface area (Å²) < 4.78 is 1.32. The summed E-state index contributed by atoms with van der Waals surface area (Å²) in [7, 11) is 0. The summed E-state index contributed by atoms with van der Waals surface area (Å²) in [5.74, 6) is -2.72. The summed E-state index contributed by atoms with van der Waals surface area (Å²) in [6.45, 7) is 0. The second-order valence-corrected chi connectivity index (χ2v) is 5.52. The van der Waals surface area contributed by atoms with Crippen molar-refractivity contribution < 1.29 is 19.5 Å². The van der Waals surface area contributed by atoms with Crippen molar-refractivity contribution in [1.29, 1.82) is 0 Å². The van der Waals surface area contributed by atoms with E-state index in [0.717, 1.165) is 0 Å². The molecule has 1 aromatic rings. The Morgan fingerprint density at radius 2 is 1.74 bits per heavy atom. The fraction of sp³-hybridized carbons (Fsp3) is 0.182. The Bertz CT molecular complexity index is 513. The van der Waals surface area contributed by atoms with Gasteiger partial charge in [0.25, 0.3) is 5.91 Å². The third-order valence-electron chi connectivity index (χ3n) is 2.13. The number of hydrogen-bond donors (Lipinski definition) is 3. The number of carbonyl (C=O) groups excluding carboxylic acids is 2. The molecule has 19 heavy (non-hydrogen) atoms. The van der Waals surface area contributed by atoms with E-state index in [1.54, 1.807) is 6.07 Å². The average molecular weight is 394 g/mol. The average Bonchev–Trinajstić information content (AvgIpc) is 2.25. The minimum Gasteiger partial charge on any atom is -0.480 e. The topological polar surface area (TPSA) is 109 Å². The van der Waals surface area contributed by atoms with E-state index in [4.69, 9.17) is 10.8 Å². The van der Waals surface area contributed by atoms with Crippen molar-refractivity contribution in [1.82, 2.24) is 5.32 Å². The smallest absolute Gasteiger partial charge is 0.326 e. The highest BCUT2D eigenvalue weighted by molar-refractivity contribution is 9.11. The molecule has 0 aliphatic rings. The van der Waals surface area contributed by atoms with Crippen LogP contribution >= 0.6 is 31.9 Å². The number of carbonyl (C=O) groups is 3. The van der Waals surface area contributed by atoms with Crippen molar-refractivity contribution in [3.8, 4) is 0 Å². The fourth-order valence-corrected chi connectivity index (χ4v) is 2.62. The number of benzene rings is 1. The molecule has 0 spiro atoms. The van der Waals surface area contributed by atoms with E-state index >= 15 is 0 Å². The van der Waals surface area contributed by atoms with Gasteiger partial charge in [0.05, 0.1) is 6.42 Å². The molecule has 1 atom stereocenters. The number of carboxylic acid groups (broad SMARTS) is 1. The van der Waals surface area contributed by atoms with Gasteiger partial charge in [-0.25, -0.2) is 4.79 Å². The second kappa shape index (κ2) is 6.67. The van der Waals surface area contributed by atoms with Crippen LogP contribution in [0.1, 0.15) is 16.8 Å². The van der Waals surface area contributed by atoms with Gasteiger partial charge in [-0.05, 0) is 18.2 Å². The molecule has 0 bridgehead atoms. The standard InChI is InChI=1S/C11H10Br2N2O4/c12-6-1-5(2-7(13)3-6)10(17)15-8(11(18)19)4-9(14)16/h1-3,8H,4H2,(H2,14,16)(H,15,17)(H,18,19). The van der Waals surface area contributed by atoms with Crippen molar-refractivity contribution in [3.63, 3.8) is 0 Å². The Hall–Kier alpha value is -1.41. The van der Waals surface area contributed by atoms with Crippen LogP contribution in [0, 0.1) is 0 Å². The molecule has 1 aromatic carbocycles. The number of carboxylic acids is 1. The number of amides is 2. The van der Waals surface area contributed by atoms with Crippen molar-refractivity contribution >= 4 is 49.6 Å². The summed E-state index contributed by atoms with van der Waals surface area (Å²) in [5.41, 5.74) is 5.19. The highest BCUT2D eigenvalue weighted by Crippen LogP contribution is 2.20. The fourth-order valence-electron chi connectivity index (χ4n) is 1.33. The minimum atomic E-state index is -1.34. The number of nitrogens with one attached hydrogen (secondary N) is 1. The Morgan fingerprint density at radius 1 is 1.21 bits per heavy atom. The molecule has 0 saturated heterocycles. The van der Waals surface area contributed by atoms with Gasteiger partial charge in [-0.15, -0.1) is 0 Å². The number of hydrogen-bond acceptors (Lipinski definition) is 3. The van der Waals surface area contributed by atoms with Crippen molar-refractivity contribution in [2.24, 2.45) is 5.73 Å².